The Hall–Kier alpha value is -3.67. The summed E-state index contributed by atoms with van der Waals surface area (Å²) in [7, 11) is 0. The Bertz CT molecular complexity index is 1690. The number of nitrogen functional groups attached to an aromatic ring is 2. The van der Waals surface area contributed by atoms with E-state index in [-0.39, 0.29) is 54.1 Å². The lowest BCUT2D eigenvalue weighted by Crippen LogP contribution is -3.00. The van der Waals surface area contributed by atoms with Crippen molar-refractivity contribution in [2.75, 3.05) is 170 Å². The molecule has 21 heteroatoms. The number of hydrogen-bond acceptors (Lipinski definition) is 17. The minimum atomic E-state index is -0.404. The van der Waals surface area contributed by atoms with Crippen molar-refractivity contribution in [3.05, 3.63) is 70.5 Å². The van der Waals surface area contributed by atoms with Crippen LogP contribution in [0.5, 0.6) is 11.5 Å². The van der Waals surface area contributed by atoms with Gasteiger partial charge in [-0.1, -0.05) is 35.9 Å². The minimum Gasteiger partial charge on any atom is -1.00 e. The van der Waals surface area contributed by atoms with E-state index in [9.17, 15) is 4.79 Å². The van der Waals surface area contributed by atoms with E-state index in [1.165, 1.54) is 11.1 Å². The first-order chi connectivity index (χ1) is 33.3. The summed E-state index contributed by atoms with van der Waals surface area (Å²) in [6.45, 7) is 11.8. The molecule has 19 nitrogen and oxygen atoms in total. The molecule has 1 atom stereocenters. The molecule has 1 aliphatic heterocycles. The van der Waals surface area contributed by atoms with Gasteiger partial charge in [-0.3, -0.25) is 4.79 Å². The van der Waals surface area contributed by atoms with Gasteiger partial charge in [0.05, 0.1) is 151 Å². The highest BCUT2D eigenvalue weighted by Gasteiger charge is 2.35. The number of amides is 1. The van der Waals surface area contributed by atoms with Gasteiger partial charge in [-0.25, -0.2) is 9.97 Å². The molecule has 1 saturated heterocycles. The van der Waals surface area contributed by atoms with Crippen LogP contribution in [0.2, 0.25) is 5.15 Å². The third-order valence-corrected chi connectivity index (χ3v) is 11.3. The highest BCUT2D eigenvalue weighted by atomic mass is 35.5. The number of likely N-dealkylation sites (tertiary alicyclic amines) is 1. The van der Waals surface area contributed by atoms with Gasteiger partial charge in [-0.15, -0.1) is 0 Å². The Kier molecular flexibility index (Phi) is 32.1. The monoisotopic (exact) mass is 1010 g/mol. The first-order valence-corrected chi connectivity index (χ1v) is 24.2. The molecule has 7 N–H and O–H groups in total. The first-order valence-electron chi connectivity index (χ1n) is 23.8. The molecule has 3 aromatic rings. The Morgan fingerprint density at radius 2 is 0.986 bits per heavy atom. The van der Waals surface area contributed by atoms with E-state index in [1.807, 2.05) is 24.3 Å². The smallest absolute Gasteiger partial charge is 0.274 e. The van der Waals surface area contributed by atoms with Gasteiger partial charge in [0.2, 0.25) is 0 Å². The van der Waals surface area contributed by atoms with Crippen LogP contribution in [0.25, 0.3) is 0 Å². The van der Waals surface area contributed by atoms with E-state index in [0.717, 1.165) is 80.7 Å². The fraction of sp³-hybridized carbons (Fsp3) is 0.646. The average molecular weight is 1020 g/mol. The van der Waals surface area contributed by atoms with Gasteiger partial charge < -0.3 is 91.3 Å². The molecule has 390 valence electrons. The Morgan fingerprint density at radius 3 is 1.39 bits per heavy atom. The molecule has 2 heterocycles. The lowest BCUT2D eigenvalue weighted by atomic mass is 9.99. The van der Waals surface area contributed by atoms with Crippen LogP contribution < -0.4 is 38.7 Å². The van der Waals surface area contributed by atoms with Crippen molar-refractivity contribution in [2.45, 2.75) is 44.6 Å². The molecule has 1 fully saturated rings. The maximum atomic E-state index is 13.4. The number of aliphatic hydroxyl groups excluding tert-OH is 2. The number of aromatic nitrogens is 2. The summed E-state index contributed by atoms with van der Waals surface area (Å²) in [6.07, 6.45) is 5.61. The molecule has 1 aromatic heterocycles. The topological polar surface area (TPSA) is 240 Å². The number of rotatable bonds is 40. The van der Waals surface area contributed by atoms with Crippen molar-refractivity contribution in [3.8, 4) is 11.5 Å². The molecule has 0 radical (unpaired) electrons. The van der Waals surface area contributed by atoms with E-state index in [2.05, 4.69) is 39.6 Å². The van der Waals surface area contributed by atoms with Crippen LogP contribution in [-0.4, -0.2) is 195 Å². The highest BCUT2D eigenvalue weighted by Crippen LogP contribution is 2.25. The summed E-state index contributed by atoms with van der Waals surface area (Å²) >= 11 is 6.10. The number of benzene rings is 2. The zero-order valence-corrected chi connectivity index (χ0v) is 41.6. The van der Waals surface area contributed by atoms with Crippen molar-refractivity contribution < 1.29 is 79.3 Å². The number of halogens is 2. The number of carbonyl (C=O) groups excluding carboxylic acids is 1. The fourth-order valence-corrected chi connectivity index (χ4v) is 7.78. The zero-order chi connectivity index (χ0) is 48.3. The van der Waals surface area contributed by atoms with Crippen molar-refractivity contribution in [1.29, 1.82) is 0 Å². The van der Waals surface area contributed by atoms with Crippen molar-refractivity contribution in [1.82, 2.24) is 15.3 Å². The van der Waals surface area contributed by atoms with Crippen molar-refractivity contribution in [3.63, 3.8) is 0 Å². The largest absolute Gasteiger partial charge is 1.00 e. The minimum absolute atomic E-state index is 0. The number of quaternary nitrogens is 1. The van der Waals surface area contributed by atoms with Crippen LogP contribution >= 0.6 is 11.6 Å². The predicted octanol–water partition coefficient (Wildman–Crippen LogP) is 0.148. The zero-order valence-electron chi connectivity index (χ0n) is 40.0. The van der Waals surface area contributed by atoms with Crippen molar-refractivity contribution in [2.24, 2.45) is 0 Å². The number of hydrogen-bond donors (Lipinski definition) is 5. The summed E-state index contributed by atoms with van der Waals surface area (Å²) in [5.74, 6) is 1.12. The molecule has 0 bridgehead atoms. The second-order valence-electron chi connectivity index (χ2n) is 16.2. The van der Waals surface area contributed by atoms with Gasteiger partial charge in [0.25, 0.3) is 5.91 Å². The lowest BCUT2D eigenvalue weighted by molar-refractivity contribution is -0.933. The number of ether oxygens (including phenoxy) is 10. The predicted molar refractivity (Wildman–Crippen MR) is 257 cm³/mol. The van der Waals surface area contributed by atoms with Crippen LogP contribution in [0.1, 0.15) is 47.3 Å². The summed E-state index contributed by atoms with van der Waals surface area (Å²) < 4.78 is 56.1. The SMILES string of the molecule is Nc1nc(N)c(C(=O)NC2CCC[N+](CCCc3ccc(OCCOCCOCCOCCOCCO)cc3)(CCCc3ccc(OCCOCCOCCOCCOCCO)cc3)C2)nc1Cl.[Cl-]. The number of nitrogens with one attached hydrogen (secondary N) is 1. The van der Waals surface area contributed by atoms with Crippen molar-refractivity contribution >= 4 is 29.1 Å². The summed E-state index contributed by atoms with van der Waals surface area (Å²) in [4.78, 5) is 21.5. The molecule has 2 aromatic carbocycles. The number of nitrogens with two attached hydrogens (primary N) is 2. The van der Waals surface area contributed by atoms with Crippen LogP contribution in [0.3, 0.4) is 0 Å². The average Bonchev–Trinajstić information content (AvgIpc) is 3.34. The lowest BCUT2D eigenvalue weighted by Gasteiger charge is -2.45. The molecule has 1 amide bonds. The number of anilines is 2. The molecular formula is C48H76Cl2N6O13. The summed E-state index contributed by atoms with van der Waals surface area (Å²) in [5.41, 5.74) is 14.2. The molecular weight excluding hydrogens is 939 g/mol. The molecule has 69 heavy (non-hydrogen) atoms. The molecule has 1 unspecified atom stereocenters. The molecule has 0 saturated carbocycles. The van der Waals surface area contributed by atoms with Gasteiger partial charge in [-0.2, -0.15) is 0 Å². The maximum absolute atomic E-state index is 13.4. The van der Waals surface area contributed by atoms with Gasteiger partial charge in [-0.05, 0) is 61.1 Å². The Labute approximate surface area is 418 Å². The van der Waals surface area contributed by atoms with Crippen LogP contribution in [0.15, 0.2) is 48.5 Å². The Morgan fingerprint density at radius 1 is 0.594 bits per heavy atom. The number of piperidine rings is 1. The Balaban J connectivity index is 0.0000126. The highest BCUT2D eigenvalue weighted by molar-refractivity contribution is 6.31. The standard InChI is InChI=1S/C48H75ClN6O13.ClH/c49-45-47(51)54-46(50)44(53-45)48(58)52-41-6-3-17-55(38-41,15-1-4-39-7-11-42(12-8-39)67-36-34-65-32-30-63-28-26-61-24-22-59-20-18-56)16-2-5-40-9-13-43(14-10-40)68-37-35-66-33-31-64-29-27-62-25-23-60-21-19-57;/h7-14,41,56-57H,1-6,15-38H2,(H4-,50,51,52,54,58);1H. The first kappa shape index (κ1) is 59.6. The quantitative estimate of drug-likeness (QED) is 0.0376. The van der Waals surface area contributed by atoms with Crippen LogP contribution in [-0.2, 0) is 50.7 Å². The molecule has 1 aliphatic rings. The molecule has 4 rings (SSSR count). The second kappa shape index (κ2) is 37.2. The van der Waals surface area contributed by atoms with E-state index in [0.29, 0.717) is 119 Å². The van der Waals surface area contributed by atoms with E-state index in [1.54, 1.807) is 0 Å². The third kappa shape index (κ3) is 25.8. The van der Waals surface area contributed by atoms with Crippen LogP contribution in [0, 0.1) is 0 Å². The fourth-order valence-electron chi connectivity index (χ4n) is 7.65. The second-order valence-corrected chi connectivity index (χ2v) is 16.5. The van der Waals surface area contributed by atoms with E-state index >= 15 is 0 Å². The number of nitrogens with zero attached hydrogens (tertiary/aromatic N) is 3. The summed E-state index contributed by atoms with van der Waals surface area (Å²) in [6, 6.07) is 16.4. The van der Waals surface area contributed by atoms with Gasteiger partial charge in [0.1, 0.15) is 24.7 Å². The van der Waals surface area contributed by atoms with E-state index in [4.69, 9.17) is 80.6 Å². The maximum Gasteiger partial charge on any atom is 0.274 e. The number of aliphatic hydroxyl groups is 2. The third-order valence-electron chi connectivity index (χ3n) is 11.0. The number of aryl methyl sites for hydroxylation is 2. The normalized spacial score (nSPS) is 14.3. The summed E-state index contributed by atoms with van der Waals surface area (Å²) in [5, 5.41) is 20.5. The molecule has 0 spiro atoms. The number of carbonyl (C=O) groups is 1. The van der Waals surface area contributed by atoms with Gasteiger partial charge >= 0.3 is 0 Å². The van der Waals surface area contributed by atoms with E-state index < -0.39 is 5.91 Å². The molecule has 0 aliphatic carbocycles. The van der Waals surface area contributed by atoms with Crippen LogP contribution in [0.4, 0.5) is 11.6 Å². The van der Waals surface area contributed by atoms with Gasteiger partial charge in [0, 0.05) is 12.8 Å². The van der Waals surface area contributed by atoms with Gasteiger partial charge in [0.15, 0.2) is 22.5 Å².